The molecule has 2 amide bonds. The Hall–Kier alpha value is -3.12. The molecule has 0 radical (unpaired) electrons. The zero-order chi connectivity index (χ0) is 21.3. The van der Waals surface area contributed by atoms with Crippen LogP contribution in [0.1, 0.15) is 37.8 Å². The molecule has 6 heteroatoms. The molecule has 0 bridgehead atoms. The maximum absolute atomic E-state index is 13.4. The van der Waals surface area contributed by atoms with Crippen molar-refractivity contribution in [3.63, 3.8) is 0 Å². The van der Waals surface area contributed by atoms with Gasteiger partial charge in [-0.15, -0.1) is 0 Å². The van der Waals surface area contributed by atoms with Crippen molar-refractivity contribution < 1.29 is 23.9 Å². The van der Waals surface area contributed by atoms with Crippen LogP contribution >= 0.6 is 11.6 Å². The van der Waals surface area contributed by atoms with E-state index in [2.05, 4.69) is 0 Å². The molecule has 1 aliphatic rings. The number of benzene rings is 3. The van der Waals surface area contributed by atoms with Gasteiger partial charge in [-0.05, 0) is 40.0 Å². The number of hydroxylamine groups is 3. The van der Waals surface area contributed by atoms with Crippen LogP contribution in [0.25, 0.3) is 0 Å². The molecule has 3 aromatic rings. The molecule has 3 aromatic carbocycles. The van der Waals surface area contributed by atoms with Crippen molar-refractivity contribution in [2.24, 2.45) is 0 Å². The molecular formula is C24H19ClNO4+. The fourth-order valence-electron chi connectivity index (χ4n) is 4.16. The Labute approximate surface area is 179 Å². The molecule has 30 heavy (non-hydrogen) atoms. The van der Waals surface area contributed by atoms with Crippen molar-refractivity contribution in [1.29, 1.82) is 0 Å². The zero-order valence-electron chi connectivity index (χ0n) is 16.2. The number of imide groups is 1. The summed E-state index contributed by atoms with van der Waals surface area (Å²) < 4.78 is -1.05. The van der Waals surface area contributed by atoms with Gasteiger partial charge in [0.25, 0.3) is 0 Å². The highest BCUT2D eigenvalue weighted by atomic mass is 35.5. The van der Waals surface area contributed by atoms with E-state index in [4.69, 9.17) is 16.4 Å². The molecule has 150 valence electrons. The predicted octanol–water partition coefficient (Wildman–Crippen LogP) is 4.41. The van der Waals surface area contributed by atoms with E-state index in [1.54, 1.807) is 48.5 Å². The normalized spacial score (nSPS) is 16.7. The lowest BCUT2D eigenvalue weighted by Crippen LogP contribution is -2.61. The molecule has 0 spiro atoms. The lowest BCUT2D eigenvalue weighted by atomic mass is 9.84. The van der Waals surface area contributed by atoms with Gasteiger partial charge >= 0.3 is 11.8 Å². The second-order valence-corrected chi connectivity index (χ2v) is 7.50. The molecule has 0 N–H and O–H groups in total. The highest BCUT2D eigenvalue weighted by Crippen LogP contribution is 2.40. The number of quaternary nitrogens is 1. The number of rotatable bonds is 6. The largest absolute Gasteiger partial charge is 0.387 e. The van der Waals surface area contributed by atoms with Crippen molar-refractivity contribution in [2.45, 2.75) is 12.0 Å². The van der Waals surface area contributed by atoms with Gasteiger partial charge < -0.3 is 0 Å². The van der Waals surface area contributed by atoms with Crippen LogP contribution in [0, 0.1) is 0 Å². The summed E-state index contributed by atoms with van der Waals surface area (Å²) in [5.74, 6) is -1.71. The quantitative estimate of drug-likeness (QED) is 0.336. The molecule has 1 heterocycles. The summed E-state index contributed by atoms with van der Waals surface area (Å²) in [7, 11) is 1.28. The number of aldehydes is 1. The summed E-state index contributed by atoms with van der Waals surface area (Å²) in [6, 6.07) is 21.7. The van der Waals surface area contributed by atoms with E-state index in [9.17, 15) is 14.4 Å². The van der Waals surface area contributed by atoms with Crippen LogP contribution in [-0.4, -0.2) is 35.9 Å². The third-order valence-electron chi connectivity index (χ3n) is 5.57. The van der Waals surface area contributed by atoms with Gasteiger partial charge in [0, 0.05) is 5.02 Å². The standard InChI is InChI=1S/C24H19ClNO4/c1-30-26(23(28)19-9-5-6-10-20(19)24(26)29)21(15-27)22(16-7-3-2-4-8-16)17-11-13-18(25)14-12-17/h2-15,21-22H,1H3/q+1/t21-,22-/m1/s1. The van der Waals surface area contributed by atoms with Crippen LogP contribution in [0.3, 0.4) is 0 Å². The van der Waals surface area contributed by atoms with E-state index < -0.39 is 28.4 Å². The minimum Gasteiger partial charge on any atom is -0.297 e. The summed E-state index contributed by atoms with van der Waals surface area (Å²) in [6.07, 6.45) is 0.636. The fraction of sp³-hybridized carbons (Fsp3) is 0.125. The van der Waals surface area contributed by atoms with Gasteiger partial charge in [-0.2, -0.15) is 4.84 Å². The lowest BCUT2D eigenvalue weighted by molar-refractivity contribution is -0.979. The van der Waals surface area contributed by atoms with Crippen LogP contribution in [-0.2, 0) is 9.63 Å². The number of halogens is 1. The first-order valence-electron chi connectivity index (χ1n) is 9.43. The van der Waals surface area contributed by atoms with Crippen LogP contribution in [0.15, 0.2) is 78.9 Å². The van der Waals surface area contributed by atoms with Gasteiger partial charge in [0.2, 0.25) is 6.04 Å². The summed E-state index contributed by atoms with van der Waals surface area (Å²) >= 11 is 6.06. The molecule has 0 saturated carbocycles. The monoisotopic (exact) mass is 420 g/mol. The molecule has 0 unspecified atom stereocenters. The number of amides is 2. The number of fused-ring (bicyclic) bond motifs is 1. The Morgan fingerprint density at radius 2 is 1.30 bits per heavy atom. The summed E-state index contributed by atoms with van der Waals surface area (Å²) in [6.45, 7) is 0. The minimum atomic E-state index is -1.13. The number of carbonyl (C=O) groups excluding carboxylic acids is 3. The number of hydrogen-bond donors (Lipinski definition) is 0. The Balaban J connectivity index is 1.93. The SMILES string of the molecule is CO[N+]1([C@H](C=O)[C@H](c2ccccc2)c2ccc(Cl)cc2)C(=O)c2ccccc2C1=O. The maximum atomic E-state index is 13.4. The molecule has 0 aliphatic carbocycles. The van der Waals surface area contributed by atoms with Gasteiger partial charge in [0.1, 0.15) is 0 Å². The van der Waals surface area contributed by atoms with Gasteiger partial charge in [-0.1, -0.05) is 66.2 Å². The van der Waals surface area contributed by atoms with Gasteiger partial charge in [-0.3, -0.25) is 4.79 Å². The van der Waals surface area contributed by atoms with E-state index in [0.717, 1.165) is 11.1 Å². The van der Waals surface area contributed by atoms with Crippen molar-refractivity contribution >= 4 is 29.7 Å². The molecule has 0 aromatic heterocycles. The molecule has 5 nitrogen and oxygen atoms in total. The van der Waals surface area contributed by atoms with E-state index in [1.165, 1.54) is 7.11 Å². The Morgan fingerprint density at radius 1 is 0.800 bits per heavy atom. The van der Waals surface area contributed by atoms with Crippen molar-refractivity contribution in [3.8, 4) is 0 Å². The molecule has 4 rings (SSSR count). The van der Waals surface area contributed by atoms with Gasteiger partial charge in [0.05, 0.1) is 24.2 Å². The van der Waals surface area contributed by atoms with Crippen LogP contribution in [0.2, 0.25) is 5.02 Å². The third-order valence-corrected chi connectivity index (χ3v) is 5.82. The smallest absolute Gasteiger partial charge is 0.297 e. The first kappa shape index (κ1) is 20.2. The average molecular weight is 421 g/mol. The first-order valence-corrected chi connectivity index (χ1v) is 9.81. The molecule has 1 aliphatic heterocycles. The van der Waals surface area contributed by atoms with Crippen molar-refractivity contribution in [2.75, 3.05) is 7.11 Å². The highest BCUT2D eigenvalue weighted by Gasteiger charge is 2.63. The Bertz CT molecular complexity index is 1080. The first-order chi connectivity index (χ1) is 14.5. The lowest BCUT2D eigenvalue weighted by Gasteiger charge is -2.34. The Morgan fingerprint density at radius 3 is 1.80 bits per heavy atom. The van der Waals surface area contributed by atoms with E-state index in [0.29, 0.717) is 11.3 Å². The van der Waals surface area contributed by atoms with E-state index in [-0.39, 0.29) is 11.1 Å². The van der Waals surface area contributed by atoms with Crippen LogP contribution in [0.4, 0.5) is 0 Å². The molecule has 0 saturated heterocycles. The van der Waals surface area contributed by atoms with Gasteiger partial charge in [-0.25, -0.2) is 9.59 Å². The molecular weight excluding hydrogens is 402 g/mol. The van der Waals surface area contributed by atoms with Gasteiger partial charge in [0.15, 0.2) is 6.29 Å². The highest BCUT2D eigenvalue weighted by molar-refractivity contribution is 6.30. The van der Waals surface area contributed by atoms with Crippen molar-refractivity contribution in [1.82, 2.24) is 0 Å². The number of nitrogens with zero attached hydrogens (tertiary/aromatic N) is 1. The minimum absolute atomic E-state index is 0.249. The van der Waals surface area contributed by atoms with E-state index >= 15 is 0 Å². The van der Waals surface area contributed by atoms with Crippen LogP contribution in [0.5, 0.6) is 0 Å². The predicted molar refractivity (Wildman–Crippen MR) is 112 cm³/mol. The summed E-state index contributed by atoms with van der Waals surface area (Å²) in [5, 5.41) is 0.546. The number of hydrogen-bond acceptors (Lipinski definition) is 4. The average Bonchev–Trinajstić information content (AvgIpc) is 3.01. The van der Waals surface area contributed by atoms with Crippen LogP contribution < -0.4 is 0 Å². The third kappa shape index (κ3) is 2.99. The summed E-state index contributed by atoms with van der Waals surface area (Å²) in [4.78, 5) is 45.0. The molecule has 0 fully saturated rings. The summed E-state index contributed by atoms with van der Waals surface area (Å²) in [5.41, 5.74) is 2.02. The Kier molecular flexibility index (Phi) is 5.35. The maximum Gasteiger partial charge on any atom is 0.387 e. The second kappa shape index (κ2) is 7.95. The van der Waals surface area contributed by atoms with Crippen molar-refractivity contribution in [3.05, 3.63) is 106 Å². The zero-order valence-corrected chi connectivity index (χ0v) is 17.0. The fourth-order valence-corrected chi connectivity index (χ4v) is 4.28. The number of carbonyl (C=O) groups is 3. The molecule has 2 atom stereocenters. The second-order valence-electron chi connectivity index (χ2n) is 7.06. The topological polar surface area (TPSA) is 60.4 Å². The van der Waals surface area contributed by atoms with E-state index in [1.807, 2.05) is 30.3 Å².